The van der Waals surface area contributed by atoms with Gasteiger partial charge in [-0.1, -0.05) is 0 Å². The van der Waals surface area contributed by atoms with Crippen molar-refractivity contribution in [3.05, 3.63) is 0 Å². The van der Waals surface area contributed by atoms with E-state index in [4.69, 9.17) is 14.7 Å². The van der Waals surface area contributed by atoms with E-state index < -0.39 is 7.74 Å². The molecule has 0 aromatic heterocycles. The van der Waals surface area contributed by atoms with E-state index in [1.165, 1.54) is 0 Å². The van der Waals surface area contributed by atoms with Gasteiger partial charge in [0.15, 0.2) is 17.4 Å². The van der Waals surface area contributed by atoms with Gasteiger partial charge < -0.3 is 0 Å². The molecule has 1 rings (SSSR count). The van der Waals surface area contributed by atoms with E-state index in [0.29, 0.717) is 0 Å². The first-order valence-electron chi connectivity index (χ1n) is 1.13. The third-order valence-electron chi connectivity index (χ3n) is 0.275. The molecule has 1 fully saturated rings. The third kappa shape index (κ3) is 7.80. The standard InChI is InChI=1S/Al.GeH4.Li.H3O5P.4H/c;;;1-6(2,3)4-5-6;;;;/h;1H4;;1-3H;;;;. The summed E-state index contributed by atoms with van der Waals surface area (Å²) in [4.78, 5) is 23.7. The zero-order chi connectivity index (χ0) is 4.86. The van der Waals surface area contributed by atoms with E-state index >= 15 is 0 Å². The van der Waals surface area contributed by atoms with Gasteiger partial charge in [-0.25, -0.2) is 0 Å². The average Bonchev–Trinajstić information content (AvgIpc) is 1.73. The van der Waals surface area contributed by atoms with Crippen LogP contribution in [0.5, 0.6) is 0 Å². The minimum absolute atomic E-state index is 0. The van der Waals surface area contributed by atoms with Gasteiger partial charge in [-0.3, -0.25) is 0 Å². The van der Waals surface area contributed by atoms with Gasteiger partial charge in [0, 0.05) is 0 Å². The Labute approximate surface area is 85.3 Å². The van der Waals surface area contributed by atoms with Crippen molar-refractivity contribution in [3.8, 4) is 0 Å². The molecule has 0 bridgehead atoms. The van der Waals surface area contributed by atoms with Gasteiger partial charge in [-0.15, -0.1) is 0 Å². The third-order valence-corrected chi connectivity index (χ3v) is 0.824. The van der Waals surface area contributed by atoms with Crippen molar-refractivity contribution in [2.24, 2.45) is 0 Å². The predicted octanol–water partition coefficient (Wildman–Crippen LogP) is -4.23. The van der Waals surface area contributed by atoms with Gasteiger partial charge in [0.2, 0.25) is 0 Å². The van der Waals surface area contributed by atoms with E-state index in [2.05, 4.69) is 9.35 Å². The van der Waals surface area contributed by atoms with Crippen LogP contribution in [0, 0.1) is 0 Å². The Morgan fingerprint density at radius 3 is 1.11 bits per heavy atom. The first kappa shape index (κ1) is 17.1. The van der Waals surface area contributed by atoms with Crippen LogP contribution >= 0.6 is 7.74 Å². The van der Waals surface area contributed by atoms with Crippen molar-refractivity contribution < 1.29 is 24.0 Å². The van der Waals surface area contributed by atoms with Crippen LogP contribution in [-0.2, 0) is 9.35 Å². The molecular weight excluding hydrogens is 218 g/mol. The van der Waals surface area contributed by atoms with Crippen LogP contribution in [-0.4, -0.2) is 68.5 Å². The van der Waals surface area contributed by atoms with E-state index in [0.717, 1.165) is 0 Å². The summed E-state index contributed by atoms with van der Waals surface area (Å²) in [6.07, 6.45) is 0. The Balaban J connectivity index is -0.000000120. The van der Waals surface area contributed by atoms with Gasteiger partial charge in [0.05, 0.1) is 0 Å². The van der Waals surface area contributed by atoms with Crippen LogP contribution in [0.15, 0.2) is 0 Å². The number of hydrogen-bond acceptors (Lipinski definition) is 5. The molecule has 0 aromatic carbocycles. The van der Waals surface area contributed by atoms with Gasteiger partial charge in [-0.2, -0.15) is 0 Å². The van der Waals surface area contributed by atoms with Gasteiger partial charge >= 0.3 is 68.2 Å². The second kappa shape index (κ2) is 4.06. The van der Waals surface area contributed by atoms with Crippen LogP contribution < -0.4 is 0 Å². The van der Waals surface area contributed by atoms with Crippen LogP contribution in [0.4, 0.5) is 0 Å². The molecule has 9 heavy (non-hydrogen) atoms. The fourth-order valence-electron chi connectivity index (χ4n) is 0.0447. The van der Waals surface area contributed by atoms with Crippen LogP contribution in [0.25, 0.3) is 0 Å². The fourth-order valence-corrected chi connectivity index (χ4v) is 0.402. The number of hydrogen-bond donors (Lipinski definition) is 3. The zero-order valence-corrected chi connectivity index (χ0v) is 3.50. The molecule has 1 saturated heterocycles. The molecule has 0 radical (unpaired) electrons. The molecular formula is H11AlGeLiO5P. The van der Waals surface area contributed by atoms with E-state index in [9.17, 15) is 0 Å². The monoisotopic (exact) mass is 230 g/mol. The Bertz CT molecular complexity index is 80.7. The number of rotatable bonds is 0. The zero-order valence-electron chi connectivity index (χ0n) is 2.61. The Kier molecular flexibility index (Phi) is 7.72. The van der Waals surface area contributed by atoms with Crippen molar-refractivity contribution in [2.75, 3.05) is 0 Å². The molecule has 1 aliphatic heterocycles. The first-order chi connectivity index (χ1) is 2.47. The van der Waals surface area contributed by atoms with Gasteiger partial charge in [-0.05, 0) is 0 Å². The molecule has 0 unspecified atom stereocenters. The maximum atomic E-state index is 7.89. The van der Waals surface area contributed by atoms with Crippen molar-refractivity contribution in [1.29, 1.82) is 0 Å². The fraction of sp³-hybridized carbons (Fsp3) is 0. The SMILES string of the molecule is OP1(O)(O)OO1.[AlH3].[GeH4].[LiH]. The molecule has 0 atom stereocenters. The second-order valence-electron chi connectivity index (χ2n) is 0.982. The molecule has 3 N–H and O–H groups in total. The second-order valence-corrected chi connectivity index (χ2v) is 2.95. The van der Waals surface area contributed by atoms with E-state index in [1.807, 2.05) is 0 Å². The Hall–Kier alpha value is 1.90. The molecule has 0 spiro atoms. The molecule has 5 nitrogen and oxygen atoms in total. The van der Waals surface area contributed by atoms with E-state index in [-0.39, 0.29) is 53.8 Å². The summed E-state index contributed by atoms with van der Waals surface area (Å²) in [6, 6.07) is 0. The molecule has 1 heterocycles. The quantitative estimate of drug-likeness (QED) is 0.169. The predicted molar refractivity (Wildman–Crippen MR) is 44.2 cm³/mol. The molecule has 0 saturated carbocycles. The van der Waals surface area contributed by atoms with Gasteiger partial charge in [0.1, 0.15) is 0 Å². The summed E-state index contributed by atoms with van der Waals surface area (Å²) < 4.78 is 6.76. The molecule has 0 aromatic rings. The summed E-state index contributed by atoms with van der Waals surface area (Å²) in [5.74, 6) is 0. The first-order valence-corrected chi connectivity index (χ1v) is 3.06. The van der Waals surface area contributed by atoms with Crippen molar-refractivity contribution in [1.82, 2.24) is 0 Å². The van der Waals surface area contributed by atoms with Crippen molar-refractivity contribution >= 4 is 61.6 Å². The molecule has 54 valence electrons. The normalized spacial score (nSPS) is 28.6. The molecule has 9 heteroatoms. The van der Waals surface area contributed by atoms with Crippen molar-refractivity contribution in [3.63, 3.8) is 0 Å². The topological polar surface area (TPSA) is 85.8 Å². The summed E-state index contributed by atoms with van der Waals surface area (Å²) in [7, 11) is -4.80. The summed E-state index contributed by atoms with van der Waals surface area (Å²) in [6.45, 7) is 0. The summed E-state index contributed by atoms with van der Waals surface area (Å²) in [5.41, 5.74) is 0. The Morgan fingerprint density at radius 2 is 1.11 bits per heavy atom. The summed E-state index contributed by atoms with van der Waals surface area (Å²) >= 11 is 0. The van der Waals surface area contributed by atoms with Crippen LogP contribution in [0.1, 0.15) is 0 Å². The van der Waals surface area contributed by atoms with Gasteiger partial charge in [0.25, 0.3) is 0 Å². The Morgan fingerprint density at radius 1 is 1.00 bits per heavy atom. The molecule has 0 amide bonds. The molecule has 1 aliphatic rings. The minimum atomic E-state index is -4.80. The molecule has 0 aliphatic carbocycles. The average molecular weight is 229 g/mol. The summed E-state index contributed by atoms with van der Waals surface area (Å²) in [5, 5.41) is 0. The van der Waals surface area contributed by atoms with Crippen molar-refractivity contribution in [2.45, 2.75) is 0 Å². The van der Waals surface area contributed by atoms with Crippen LogP contribution in [0.3, 0.4) is 0 Å². The maximum absolute atomic E-state index is 7.89. The van der Waals surface area contributed by atoms with Crippen LogP contribution in [0.2, 0.25) is 0 Å². The van der Waals surface area contributed by atoms with E-state index in [1.54, 1.807) is 0 Å².